The number of fused-ring (bicyclic) bond motifs is 1. The lowest BCUT2D eigenvalue weighted by atomic mass is 9.99. The summed E-state index contributed by atoms with van der Waals surface area (Å²) in [6.45, 7) is 4.34. The minimum Gasteiger partial charge on any atom is -0.412 e. The van der Waals surface area contributed by atoms with Crippen LogP contribution in [-0.4, -0.2) is 87.5 Å². The summed E-state index contributed by atoms with van der Waals surface area (Å²) in [5.74, 6) is -1.02. The molecule has 0 aromatic rings. The number of amides is 3. The standard InChI is InChI=1S/C28H46N2O9/c1-3-4-5-6-7-8-9-10-11-13-19(38-27-26(35)25(34)24(33)18(2)37-27)16-22(31)29-23(32)17-21-20-14-12-15-30(20)28(36)39-21/h17-20,24-27,33-35H,3-16H2,1-2H3,(H,29,31,32)/b21-17+/t18-,19+,20?,24-,25+,26+,27-/m0/s1. The van der Waals surface area contributed by atoms with Crippen LogP contribution < -0.4 is 5.32 Å². The van der Waals surface area contributed by atoms with Crippen molar-refractivity contribution in [1.29, 1.82) is 0 Å². The van der Waals surface area contributed by atoms with E-state index in [9.17, 15) is 29.7 Å². The molecule has 3 aliphatic rings. The predicted octanol–water partition coefficient (Wildman–Crippen LogP) is 2.65. The molecule has 3 heterocycles. The second-order valence-corrected chi connectivity index (χ2v) is 10.9. The van der Waals surface area contributed by atoms with Crippen molar-refractivity contribution < 1.29 is 43.9 Å². The number of aliphatic hydroxyl groups is 3. The van der Waals surface area contributed by atoms with Crippen molar-refractivity contribution in [1.82, 2.24) is 10.2 Å². The molecular weight excluding hydrogens is 508 g/mol. The Morgan fingerprint density at radius 1 is 1.05 bits per heavy atom. The number of cyclic esters (lactones) is 1. The number of nitrogens with zero attached hydrogens (tertiary/aromatic N) is 1. The number of hydrogen-bond donors (Lipinski definition) is 4. The number of rotatable bonds is 15. The number of unbranched alkanes of at least 4 members (excludes halogenated alkanes) is 8. The van der Waals surface area contributed by atoms with E-state index in [0.29, 0.717) is 19.4 Å². The summed E-state index contributed by atoms with van der Waals surface area (Å²) in [6, 6.07) is -0.269. The van der Waals surface area contributed by atoms with Gasteiger partial charge in [0.15, 0.2) is 6.29 Å². The molecule has 0 aromatic heterocycles. The zero-order chi connectivity index (χ0) is 28.4. The van der Waals surface area contributed by atoms with E-state index in [-0.39, 0.29) is 18.2 Å². The number of imide groups is 1. The second-order valence-electron chi connectivity index (χ2n) is 10.9. The van der Waals surface area contributed by atoms with Gasteiger partial charge in [0.2, 0.25) is 5.91 Å². The van der Waals surface area contributed by atoms with Gasteiger partial charge in [0.25, 0.3) is 5.91 Å². The maximum atomic E-state index is 12.7. The average molecular weight is 555 g/mol. The summed E-state index contributed by atoms with van der Waals surface area (Å²) in [6.07, 6.45) is 5.81. The third kappa shape index (κ3) is 9.24. The van der Waals surface area contributed by atoms with Crippen LogP contribution in [0.15, 0.2) is 11.8 Å². The predicted molar refractivity (Wildman–Crippen MR) is 141 cm³/mol. The summed E-state index contributed by atoms with van der Waals surface area (Å²) in [5.41, 5.74) is 0. The molecule has 3 fully saturated rings. The van der Waals surface area contributed by atoms with Crippen LogP contribution in [0.4, 0.5) is 4.79 Å². The highest BCUT2D eigenvalue weighted by Gasteiger charge is 2.44. The van der Waals surface area contributed by atoms with Gasteiger partial charge in [0.05, 0.1) is 24.7 Å². The lowest BCUT2D eigenvalue weighted by Gasteiger charge is -2.40. The van der Waals surface area contributed by atoms with Crippen LogP contribution in [-0.2, 0) is 23.8 Å². The molecule has 3 amide bonds. The topological polar surface area (TPSA) is 155 Å². The Morgan fingerprint density at radius 2 is 1.72 bits per heavy atom. The fourth-order valence-corrected chi connectivity index (χ4v) is 5.41. The van der Waals surface area contributed by atoms with Crippen LogP contribution >= 0.6 is 0 Å². The molecule has 0 bridgehead atoms. The van der Waals surface area contributed by atoms with Crippen LogP contribution in [0.2, 0.25) is 0 Å². The maximum absolute atomic E-state index is 12.7. The van der Waals surface area contributed by atoms with E-state index < -0.39 is 54.7 Å². The Hall–Kier alpha value is -2.05. The largest absolute Gasteiger partial charge is 0.415 e. The number of carbonyl (C=O) groups is 3. The number of ether oxygens (including phenoxy) is 3. The van der Waals surface area contributed by atoms with E-state index in [1.807, 2.05) is 0 Å². The third-order valence-corrected chi connectivity index (χ3v) is 7.73. The summed E-state index contributed by atoms with van der Waals surface area (Å²) in [4.78, 5) is 38.7. The van der Waals surface area contributed by atoms with Gasteiger partial charge in [-0.15, -0.1) is 0 Å². The van der Waals surface area contributed by atoms with Gasteiger partial charge in [-0.05, 0) is 26.2 Å². The quantitative estimate of drug-likeness (QED) is 0.177. The van der Waals surface area contributed by atoms with Crippen LogP contribution in [0.5, 0.6) is 0 Å². The van der Waals surface area contributed by atoms with Gasteiger partial charge in [-0.1, -0.05) is 64.7 Å². The van der Waals surface area contributed by atoms with Crippen LogP contribution in [0, 0.1) is 0 Å². The zero-order valence-electron chi connectivity index (χ0n) is 23.3. The third-order valence-electron chi connectivity index (χ3n) is 7.73. The Labute approximate surface area is 230 Å². The molecular formula is C28H46N2O9. The monoisotopic (exact) mass is 554 g/mol. The first-order valence-corrected chi connectivity index (χ1v) is 14.6. The van der Waals surface area contributed by atoms with Crippen LogP contribution in [0.1, 0.15) is 97.3 Å². The van der Waals surface area contributed by atoms with Gasteiger partial charge in [-0.25, -0.2) is 4.79 Å². The van der Waals surface area contributed by atoms with Crippen LogP contribution in [0.3, 0.4) is 0 Å². The molecule has 222 valence electrons. The van der Waals surface area contributed by atoms with Crippen LogP contribution in [0.25, 0.3) is 0 Å². The van der Waals surface area contributed by atoms with E-state index in [1.165, 1.54) is 32.1 Å². The molecule has 0 aliphatic carbocycles. The maximum Gasteiger partial charge on any atom is 0.415 e. The molecule has 3 saturated heterocycles. The molecule has 3 aliphatic heterocycles. The number of nitrogens with one attached hydrogen (secondary N) is 1. The summed E-state index contributed by atoms with van der Waals surface area (Å²) in [5, 5.41) is 32.8. The molecule has 1 unspecified atom stereocenters. The minimum absolute atomic E-state index is 0.166. The average Bonchev–Trinajstić information content (AvgIpc) is 3.49. The molecule has 11 heteroatoms. The first-order chi connectivity index (χ1) is 18.7. The zero-order valence-corrected chi connectivity index (χ0v) is 23.3. The summed E-state index contributed by atoms with van der Waals surface area (Å²) < 4.78 is 16.7. The van der Waals surface area contributed by atoms with E-state index in [4.69, 9.17) is 14.2 Å². The van der Waals surface area contributed by atoms with Gasteiger partial charge in [0.1, 0.15) is 24.1 Å². The highest BCUT2D eigenvalue weighted by Crippen LogP contribution is 2.31. The molecule has 3 rings (SSSR count). The number of hydrogen-bond acceptors (Lipinski definition) is 9. The molecule has 39 heavy (non-hydrogen) atoms. The Kier molecular flexibility index (Phi) is 12.6. The van der Waals surface area contributed by atoms with Gasteiger partial charge < -0.3 is 29.5 Å². The summed E-state index contributed by atoms with van der Waals surface area (Å²) >= 11 is 0. The molecule has 7 atom stereocenters. The van der Waals surface area contributed by atoms with Gasteiger partial charge in [-0.2, -0.15) is 0 Å². The molecule has 4 N–H and O–H groups in total. The normalized spacial score (nSPS) is 30.3. The molecule has 0 aromatic carbocycles. The van der Waals surface area contributed by atoms with Crippen molar-refractivity contribution in [2.75, 3.05) is 6.54 Å². The highest BCUT2D eigenvalue weighted by atomic mass is 16.7. The summed E-state index contributed by atoms with van der Waals surface area (Å²) in [7, 11) is 0. The van der Waals surface area contributed by atoms with Crippen molar-refractivity contribution in [3.63, 3.8) is 0 Å². The Bertz CT molecular complexity index is 851. The van der Waals surface area contributed by atoms with Crippen molar-refractivity contribution in [3.8, 4) is 0 Å². The highest BCUT2D eigenvalue weighted by molar-refractivity contribution is 6.01. The molecule has 0 radical (unpaired) electrons. The fraction of sp³-hybridized carbons (Fsp3) is 0.821. The fourth-order valence-electron chi connectivity index (χ4n) is 5.41. The van der Waals surface area contributed by atoms with Crippen molar-refractivity contribution >= 4 is 17.9 Å². The molecule has 11 nitrogen and oxygen atoms in total. The van der Waals surface area contributed by atoms with Gasteiger partial charge in [-0.3, -0.25) is 19.8 Å². The van der Waals surface area contributed by atoms with Gasteiger partial charge >= 0.3 is 6.09 Å². The van der Waals surface area contributed by atoms with Crippen molar-refractivity contribution in [2.45, 2.75) is 140 Å². The van der Waals surface area contributed by atoms with Crippen molar-refractivity contribution in [3.05, 3.63) is 11.8 Å². The molecule has 0 saturated carbocycles. The van der Waals surface area contributed by atoms with E-state index in [1.54, 1.807) is 11.8 Å². The lowest BCUT2D eigenvalue weighted by Crippen LogP contribution is -2.58. The van der Waals surface area contributed by atoms with E-state index in [2.05, 4.69) is 12.2 Å². The SMILES string of the molecule is CCCCCCCCCCC[C@H](CC(=O)NC(=O)/C=C1/OC(=O)N2CCCC12)O[C@@H]1O[C@@H](C)[C@H](O)[C@@H](O)[C@H]1O. The minimum atomic E-state index is -1.48. The Balaban J connectivity index is 1.51. The van der Waals surface area contributed by atoms with Crippen molar-refractivity contribution in [2.24, 2.45) is 0 Å². The van der Waals surface area contributed by atoms with E-state index >= 15 is 0 Å². The van der Waals surface area contributed by atoms with E-state index in [0.717, 1.165) is 38.2 Å². The first kappa shape index (κ1) is 31.5. The Morgan fingerprint density at radius 3 is 2.41 bits per heavy atom. The van der Waals surface area contributed by atoms with Gasteiger partial charge in [0, 0.05) is 12.6 Å². The number of carbonyl (C=O) groups excluding carboxylic acids is 3. The second kappa shape index (κ2) is 15.7. The number of aliphatic hydroxyl groups excluding tert-OH is 3. The smallest absolute Gasteiger partial charge is 0.412 e. The molecule has 0 spiro atoms. The first-order valence-electron chi connectivity index (χ1n) is 14.6. The lowest BCUT2D eigenvalue weighted by molar-refractivity contribution is -0.304.